The fourth-order valence-electron chi connectivity index (χ4n) is 4.25. The number of carbonyl (C=O) groups excluding carboxylic acids is 3. The normalized spacial score (nSPS) is 21.2. The molecule has 6 nitrogen and oxygen atoms in total. The minimum atomic E-state index is -0.520. The topological polar surface area (TPSA) is 72.9 Å². The van der Waals surface area contributed by atoms with E-state index >= 15 is 0 Å². The van der Waals surface area contributed by atoms with E-state index in [9.17, 15) is 14.4 Å². The van der Waals surface area contributed by atoms with E-state index < -0.39 is 11.8 Å². The standard InChI is InChI=1S/C24H27NO5/c1-29-21(26)14-13-19-22(18-11-7-4-8-12-18)20(24(28)30-2)16-25(23(19)27)15-17-9-5-3-6-10-17/h3-12,19-20,22H,13-16H2,1-2H3. The highest BCUT2D eigenvalue weighted by atomic mass is 16.5. The molecule has 1 fully saturated rings. The molecule has 0 bridgehead atoms. The van der Waals surface area contributed by atoms with Crippen molar-refractivity contribution in [1.29, 1.82) is 0 Å². The van der Waals surface area contributed by atoms with Gasteiger partial charge in [-0.05, 0) is 17.5 Å². The molecule has 6 heteroatoms. The number of benzene rings is 2. The molecule has 1 aliphatic rings. The van der Waals surface area contributed by atoms with Crippen LogP contribution < -0.4 is 0 Å². The molecule has 0 saturated carbocycles. The molecule has 30 heavy (non-hydrogen) atoms. The molecule has 1 heterocycles. The number of carbonyl (C=O) groups is 3. The Morgan fingerprint density at radius 2 is 1.60 bits per heavy atom. The molecule has 3 rings (SSSR count). The molecule has 3 atom stereocenters. The summed E-state index contributed by atoms with van der Waals surface area (Å²) in [6, 6.07) is 19.2. The molecule has 1 aliphatic heterocycles. The number of likely N-dealkylation sites (tertiary alicyclic amines) is 1. The number of nitrogens with zero attached hydrogens (tertiary/aromatic N) is 1. The first-order valence-electron chi connectivity index (χ1n) is 10.1. The van der Waals surface area contributed by atoms with Gasteiger partial charge in [0.1, 0.15) is 0 Å². The van der Waals surface area contributed by atoms with E-state index in [0.717, 1.165) is 11.1 Å². The molecule has 158 valence electrons. The van der Waals surface area contributed by atoms with E-state index in [1.807, 2.05) is 60.7 Å². The first-order chi connectivity index (χ1) is 14.5. The predicted octanol–water partition coefficient (Wildman–Crippen LogP) is 3.17. The maximum atomic E-state index is 13.5. The Bertz CT molecular complexity index is 868. The Labute approximate surface area is 176 Å². The van der Waals surface area contributed by atoms with Crippen LogP contribution in [0.4, 0.5) is 0 Å². The van der Waals surface area contributed by atoms with E-state index in [1.165, 1.54) is 14.2 Å². The first kappa shape index (κ1) is 21.6. The van der Waals surface area contributed by atoms with E-state index in [-0.39, 0.29) is 36.7 Å². The van der Waals surface area contributed by atoms with Gasteiger partial charge in [-0.1, -0.05) is 60.7 Å². The van der Waals surface area contributed by atoms with Gasteiger partial charge in [-0.15, -0.1) is 0 Å². The molecule has 0 aliphatic carbocycles. The number of esters is 2. The highest BCUT2D eigenvalue weighted by Crippen LogP contribution is 2.41. The summed E-state index contributed by atoms with van der Waals surface area (Å²) in [6.07, 6.45) is 0.424. The van der Waals surface area contributed by atoms with Gasteiger partial charge in [-0.3, -0.25) is 14.4 Å². The van der Waals surface area contributed by atoms with Crippen LogP contribution in [0.2, 0.25) is 0 Å². The van der Waals surface area contributed by atoms with Crippen molar-refractivity contribution in [2.45, 2.75) is 25.3 Å². The van der Waals surface area contributed by atoms with Crippen LogP contribution in [0.15, 0.2) is 60.7 Å². The summed E-state index contributed by atoms with van der Waals surface area (Å²) in [6.45, 7) is 0.679. The quantitative estimate of drug-likeness (QED) is 0.657. The molecule has 2 aromatic carbocycles. The third-order valence-electron chi connectivity index (χ3n) is 5.70. The highest BCUT2D eigenvalue weighted by Gasteiger charge is 2.46. The molecular weight excluding hydrogens is 382 g/mol. The van der Waals surface area contributed by atoms with Crippen molar-refractivity contribution in [3.05, 3.63) is 71.8 Å². The lowest BCUT2D eigenvalue weighted by Crippen LogP contribution is -2.51. The second kappa shape index (κ2) is 10.1. The zero-order valence-corrected chi connectivity index (χ0v) is 17.3. The number of ether oxygens (including phenoxy) is 2. The van der Waals surface area contributed by atoms with Crippen LogP contribution in [0.3, 0.4) is 0 Å². The van der Waals surface area contributed by atoms with Crippen molar-refractivity contribution in [2.24, 2.45) is 11.8 Å². The number of hydrogen-bond donors (Lipinski definition) is 0. The summed E-state index contributed by atoms with van der Waals surface area (Å²) in [4.78, 5) is 39.8. The van der Waals surface area contributed by atoms with E-state index in [1.54, 1.807) is 4.90 Å². The summed E-state index contributed by atoms with van der Waals surface area (Å²) in [5, 5.41) is 0. The third-order valence-corrected chi connectivity index (χ3v) is 5.70. The van der Waals surface area contributed by atoms with Gasteiger partial charge in [0.15, 0.2) is 0 Å². The van der Waals surface area contributed by atoms with Crippen molar-refractivity contribution in [1.82, 2.24) is 4.90 Å². The van der Waals surface area contributed by atoms with Crippen LogP contribution in [0.1, 0.15) is 29.9 Å². The fraction of sp³-hybridized carbons (Fsp3) is 0.375. The molecule has 1 amide bonds. The molecule has 3 unspecified atom stereocenters. The summed E-state index contributed by atoms with van der Waals surface area (Å²) in [7, 11) is 2.70. The molecule has 0 radical (unpaired) electrons. The van der Waals surface area contributed by atoms with E-state index in [0.29, 0.717) is 13.0 Å². The lowest BCUT2D eigenvalue weighted by molar-refractivity contribution is -0.155. The zero-order valence-electron chi connectivity index (χ0n) is 17.3. The monoisotopic (exact) mass is 409 g/mol. The number of piperidine rings is 1. The largest absolute Gasteiger partial charge is 0.469 e. The molecule has 0 aromatic heterocycles. The predicted molar refractivity (Wildman–Crippen MR) is 111 cm³/mol. The van der Waals surface area contributed by atoms with Crippen LogP contribution in [-0.4, -0.2) is 43.5 Å². The smallest absolute Gasteiger partial charge is 0.311 e. The van der Waals surface area contributed by atoms with E-state index in [2.05, 4.69) is 0 Å². The summed E-state index contributed by atoms with van der Waals surface area (Å²) < 4.78 is 9.88. The van der Waals surface area contributed by atoms with Gasteiger partial charge in [-0.25, -0.2) is 0 Å². The minimum absolute atomic E-state index is 0.0586. The first-order valence-corrected chi connectivity index (χ1v) is 10.1. The molecular formula is C24H27NO5. The lowest BCUT2D eigenvalue weighted by Gasteiger charge is -2.42. The number of hydrogen-bond acceptors (Lipinski definition) is 5. The van der Waals surface area contributed by atoms with Crippen molar-refractivity contribution in [3.8, 4) is 0 Å². The van der Waals surface area contributed by atoms with Crippen molar-refractivity contribution >= 4 is 17.8 Å². The van der Waals surface area contributed by atoms with Crippen LogP contribution in [-0.2, 0) is 30.4 Å². The maximum Gasteiger partial charge on any atom is 0.311 e. The van der Waals surface area contributed by atoms with Crippen molar-refractivity contribution in [2.75, 3.05) is 20.8 Å². The third kappa shape index (κ3) is 4.87. The lowest BCUT2D eigenvalue weighted by atomic mass is 9.71. The number of rotatable bonds is 7. The van der Waals surface area contributed by atoms with Gasteiger partial charge < -0.3 is 14.4 Å². The van der Waals surface area contributed by atoms with Gasteiger partial charge in [0, 0.05) is 31.3 Å². The van der Waals surface area contributed by atoms with Gasteiger partial charge in [0.05, 0.1) is 20.1 Å². The van der Waals surface area contributed by atoms with Gasteiger partial charge in [0.2, 0.25) is 5.91 Å². The Morgan fingerprint density at radius 3 is 2.20 bits per heavy atom. The summed E-state index contributed by atoms with van der Waals surface area (Å²) >= 11 is 0. The minimum Gasteiger partial charge on any atom is -0.469 e. The molecule has 2 aromatic rings. The zero-order chi connectivity index (χ0) is 21.5. The Hall–Kier alpha value is -3.15. The second-order valence-electron chi connectivity index (χ2n) is 7.49. The summed E-state index contributed by atoms with van der Waals surface area (Å²) in [5.74, 6) is -2.17. The molecule has 0 N–H and O–H groups in total. The highest BCUT2D eigenvalue weighted by molar-refractivity contribution is 5.85. The maximum absolute atomic E-state index is 13.5. The average molecular weight is 409 g/mol. The Morgan fingerprint density at radius 1 is 0.967 bits per heavy atom. The molecule has 0 spiro atoms. The fourth-order valence-corrected chi connectivity index (χ4v) is 4.25. The van der Waals surface area contributed by atoms with Crippen LogP contribution >= 0.6 is 0 Å². The Balaban J connectivity index is 1.96. The number of methoxy groups -OCH3 is 2. The van der Waals surface area contributed by atoms with Crippen LogP contribution in [0.5, 0.6) is 0 Å². The van der Waals surface area contributed by atoms with Crippen LogP contribution in [0, 0.1) is 11.8 Å². The van der Waals surface area contributed by atoms with Gasteiger partial charge in [0.25, 0.3) is 0 Å². The van der Waals surface area contributed by atoms with Gasteiger partial charge >= 0.3 is 11.9 Å². The molecule has 1 saturated heterocycles. The Kier molecular flexibility index (Phi) is 7.22. The van der Waals surface area contributed by atoms with Crippen LogP contribution in [0.25, 0.3) is 0 Å². The van der Waals surface area contributed by atoms with Gasteiger partial charge in [-0.2, -0.15) is 0 Å². The second-order valence-corrected chi connectivity index (χ2v) is 7.49. The summed E-state index contributed by atoms with van der Waals surface area (Å²) in [5.41, 5.74) is 1.88. The van der Waals surface area contributed by atoms with Crippen molar-refractivity contribution in [3.63, 3.8) is 0 Å². The average Bonchev–Trinajstić information content (AvgIpc) is 2.79. The van der Waals surface area contributed by atoms with Crippen molar-refractivity contribution < 1.29 is 23.9 Å². The SMILES string of the molecule is COC(=O)CCC1C(=O)N(Cc2ccccc2)CC(C(=O)OC)C1c1ccccc1. The van der Waals surface area contributed by atoms with E-state index in [4.69, 9.17) is 9.47 Å². The number of amides is 1.